The van der Waals surface area contributed by atoms with Crippen molar-refractivity contribution in [2.45, 2.75) is 64.8 Å². The smallest absolute Gasteiger partial charge is 0.231 e. The van der Waals surface area contributed by atoms with E-state index in [1.54, 1.807) is 0 Å². The van der Waals surface area contributed by atoms with Gasteiger partial charge >= 0.3 is 0 Å². The summed E-state index contributed by atoms with van der Waals surface area (Å²) in [5.74, 6) is 3.45. The van der Waals surface area contributed by atoms with Crippen molar-refractivity contribution in [2.75, 3.05) is 0 Å². The van der Waals surface area contributed by atoms with Crippen LogP contribution in [0.4, 0.5) is 0 Å². The Balaban J connectivity index is 2.14. The van der Waals surface area contributed by atoms with E-state index in [9.17, 15) is 0 Å². The molecule has 1 heterocycles. The second kappa shape index (κ2) is 5.39. The Bertz CT molecular complexity index is 378. The molecule has 0 aromatic carbocycles. The molecule has 4 nitrogen and oxygen atoms in total. The molecule has 2 N–H and O–H groups in total. The summed E-state index contributed by atoms with van der Waals surface area (Å²) in [7, 11) is 0. The molecule has 1 aliphatic rings. The maximum absolute atomic E-state index is 6.03. The first-order chi connectivity index (χ1) is 8.49. The largest absolute Gasteiger partial charge is 0.339 e. The standard InChI is InChI=1S/C14H25N3O/c1-8(2)12(10(4)15)14-16-13(17-18-14)11-6-5-9(3)7-11/h8-12H,5-7,15H2,1-4H3. The maximum atomic E-state index is 6.03. The van der Waals surface area contributed by atoms with Crippen molar-refractivity contribution in [2.24, 2.45) is 17.6 Å². The SMILES string of the molecule is CC1CCC(c2noc(C(C(C)C)C(C)N)n2)C1. The summed E-state index contributed by atoms with van der Waals surface area (Å²) in [6.45, 7) is 8.59. The number of nitrogens with zero attached hydrogens (tertiary/aromatic N) is 2. The van der Waals surface area contributed by atoms with Crippen molar-refractivity contribution in [3.8, 4) is 0 Å². The summed E-state index contributed by atoms with van der Waals surface area (Å²) >= 11 is 0. The van der Waals surface area contributed by atoms with Crippen LogP contribution in [0.3, 0.4) is 0 Å². The van der Waals surface area contributed by atoms with Crippen LogP contribution in [-0.2, 0) is 0 Å². The molecular formula is C14H25N3O. The van der Waals surface area contributed by atoms with Gasteiger partial charge in [-0.3, -0.25) is 0 Å². The van der Waals surface area contributed by atoms with Gasteiger partial charge in [-0.1, -0.05) is 25.9 Å². The molecule has 4 heteroatoms. The lowest BCUT2D eigenvalue weighted by Crippen LogP contribution is -2.28. The van der Waals surface area contributed by atoms with Gasteiger partial charge in [0.2, 0.25) is 5.89 Å². The van der Waals surface area contributed by atoms with Crippen LogP contribution in [0.25, 0.3) is 0 Å². The van der Waals surface area contributed by atoms with Gasteiger partial charge in [0.1, 0.15) is 0 Å². The quantitative estimate of drug-likeness (QED) is 0.893. The topological polar surface area (TPSA) is 64.9 Å². The zero-order valence-corrected chi connectivity index (χ0v) is 11.9. The van der Waals surface area contributed by atoms with Crippen LogP contribution < -0.4 is 5.73 Å². The fourth-order valence-electron chi connectivity index (χ4n) is 3.11. The average Bonchev–Trinajstić information content (AvgIpc) is 2.85. The number of rotatable bonds is 4. The Morgan fingerprint density at radius 2 is 2.00 bits per heavy atom. The number of hydrogen-bond donors (Lipinski definition) is 1. The zero-order chi connectivity index (χ0) is 13.3. The highest BCUT2D eigenvalue weighted by Crippen LogP contribution is 2.37. The monoisotopic (exact) mass is 251 g/mol. The lowest BCUT2D eigenvalue weighted by atomic mass is 9.90. The fraction of sp³-hybridized carbons (Fsp3) is 0.857. The summed E-state index contributed by atoms with van der Waals surface area (Å²) in [6.07, 6.45) is 3.64. The van der Waals surface area contributed by atoms with E-state index in [1.807, 2.05) is 6.92 Å². The van der Waals surface area contributed by atoms with Gasteiger partial charge in [0, 0.05) is 12.0 Å². The zero-order valence-electron chi connectivity index (χ0n) is 11.9. The van der Waals surface area contributed by atoms with E-state index in [4.69, 9.17) is 10.3 Å². The molecule has 1 aromatic rings. The van der Waals surface area contributed by atoms with E-state index in [0.29, 0.717) is 11.8 Å². The average molecular weight is 251 g/mol. The first-order valence-corrected chi connectivity index (χ1v) is 7.08. The number of aromatic nitrogens is 2. The second-order valence-electron chi connectivity index (χ2n) is 6.23. The molecule has 0 radical (unpaired) electrons. The highest BCUT2D eigenvalue weighted by molar-refractivity contribution is 5.04. The van der Waals surface area contributed by atoms with Crippen molar-refractivity contribution >= 4 is 0 Å². The van der Waals surface area contributed by atoms with Crippen LogP contribution >= 0.6 is 0 Å². The molecular weight excluding hydrogens is 226 g/mol. The van der Waals surface area contributed by atoms with E-state index < -0.39 is 0 Å². The molecule has 2 rings (SSSR count). The second-order valence-corrected chi connectivity index (χ2v) is 6.23. The van der Waals surface area contributed by atoms with Crippen molar-refractivity contribution in [1.82, 2.24) is 10.1 Å². The third kappa shape index (κ3) is 2.74. The van der Waals surface area contributed by atoms with Gasteiger partial charge < -0.3 is 10.3 Å². The third-order valence-corrected chi connectivity index (χ3v) is 4.09. The minimum Gasteiger partial charge on any atom is -0.339 e. The van der Waals surface area contributed by atoms with Gasteiger partial charge in [-0.05, 0) is 38.0 Å². The molecule has 1 aromatic heterocycles. The minimum atomic E-state index is 0.0424. The summed E-state index contributed by atoms with van der Waals surface area (Å²) in [5, 5.41) is 4.18. The van der Waals surface area contributed by atoms with E-state index in [2.05, 4.69) is 30.9 Å². The molecule has 0 bridgehead atoms. The molecule has 0 aliphatic heterocycles. The van der Waals surface area contributed by atoms with Gasteiger partial charge in [0.25, 0.3) is 0 Å². The summed E-state index contributed by atoms with van der Waals surface area (Å²) in [5.41, 5.74) is 6.03. The van der Waals surface area contributed by atoms with Crippen molar-refractivity contribution < 1.29 is 4.52 Å². The fourth-order valence-corrected chi connectivity index (χ4v) is 3.11. The first kappa shape index (κ1) is 13.5. The Morgan fingerprint density at radius 3 is 2.50 bits per heavy atom. The molecule has 0 amide bonds. The van der Waals surface area contributed by atoms with E-state index in [0.717, 1.165) is 17.6 Å². The van der Waals surface area contributed by atoms with Crippen molar-refractivity contribution in [1.29, 1.82) is 0 Å². The summed E-state index contributed by atoms with van der Waals surface area (Å²) < 4.78 is 5.46. The highest BCUT2D eigenvalue weighted by Gasteiger charge is 2.30. The van der Waals surface area contributed by atoms with Gasteiger partial charge in [-0.2, -0.15) is 4.98 Å². The van der Waals surface area contributed by atoms with Crippen LogP contribution in [0.15, 0.2) is 4.52 Å². The van der Waals surface area contributed by atoms with Gasteiger partial charge in [-0.15, -0.1) is 0 Å². The van der Waals surface area contributed by atoms with Gasteiger partial charge in [0.15, 0.2) is 5.82 Å². The van der Waals surface area contributed by atoms with E-state index >= 15 is 0 Å². The summed E-state index contributed by atoms with van der Waals surface area (Å²) in [4.78, 5) is 4.61. The van der Waals surface area contributed by atoms with E-state index in [1.165, 1.54) is 19.3 Å². The summed E-state index contributed by atoms with van der Waals surface area (Å²) in [6, 6.07) is 0.0424. The molecule has 1 fully saturated rings. The van der Waals surface area contributed by atoms with E-state index in [-0.39, 0.29) is 12.0 Å². The third-order valence-electron chi connectivity index (χ3n) is 4.09. The molecule has 1 saturated carbocycles. The predicted molar refractivity (Wildman–Crippen MR) is 71.3 cm³/mol. The lowest BCUT2D eigenvalue weighted by molar-refractivity contribution is 0.297. The Morgan fingerprint density at radius 1 is 1.28 bits per heavy atom. The molecule has 102 valence electrons. The van der Waals surface area contributed by atoms with Crippen LogP contribution in [-0.4, -0.2) is 16.2 Å². The molecule has 4 atom stereocenters. The Hall–Kier alpha value is -0.900. The van der Waals surface area contributed by atoms with Crippen LogP contribution in [0.5, 0.6) is 0 Å². The van der Waals surface area contributed by atoms with Crippen LogP contribution in [0, 0.1) is 11.8 Å². The molecule has 0 spiro atoms. The van der Waals surface area contributed by atoms with Gasteiger partial charge in [-0.25, -0.2) is 0 Å². The van der Waals surface area contributed by atoms with Gasteiger partial charge in [0.05, 0.1) is 5.92 Å². The highest BCUT2D eigenvalue weighted by atomic mass is 16.5. The number of nitrogens with two attached hydrogens (primary N) is 1. The first-order valence-electron chi connectivity index (χ1n) is 7.08. The molecule has 18 heavy (non-hydrogen) atoms. The molecule has 4 unspecified atom stereocenters. The lowest BCUT2D eigenvalue weighted by Gasteiger charge is -2.20. The maximum Gasteiger partial charge on any atom is 0.231 e. The predicted octanol–water partition coefficient (Wildman–Crippen LogP) is 3.06. The Labute approximate surface area is 109 Å². The number of hydrogen-bond acceptors (Lipinski definition) is 4. The van der Waals surface area contributed by atoms with Crippen molar-refractivity contribution in [3.63, 3.8) is 0 Å². The Kier molecular flexibility index (Phi) is 4.05. The molecule has 1 aliphatic carbocycles. The minimum absolute atomic E-state index is 0.0424. The molecule has 0 saturated heterocycles. The van der Waals surface area contributed by atoms with Crippen LogP contribution in [0.1, 0.15) is 70.5 Å². The van der Waals surface area contributed by atoms with Crippen LogP contribution in [0.2, 0.25) is 0 Å². The normalized spacial score (nSPS) is 27.7. The van der Waals surface area contributed by atoms with Crippen molar-refractivity contribution in [3.05, 3.63) is 11.7 Å².